The molecule has 0 spiro atoms. The van der Waals surface area contributed by atoms with E-state index in [0.717, 1.165) is 36.4 Å². The summed E-state index contributed by atoms with van der Waals surface area (Å²) >= 11 is 0. The number of benzene rings is 1. The Bertz CT molecular complexity index is 1060. The van der Waals surface area contributed by atoms with Gasteiger partial charge in [0.25, 0.3) is 5.56 Å². The average molecular weight is 394 g/mol. The maximum Gasteiger partial charge on any atom is 0.330 e. The molecule has 1 N–H and O–H groups in total. The van der Waals surface area contributed by atoms with Crippen molar-refractivity contribution in [2.75, 3.05) is 26.2 Å². The van der Waals surface area contributed by atoms with Gasteiger partial charge < -0.3 is 4.90 Å². The monoisotopic (exact) mass is 394 g/mol. The fraction of sp³-hybridized carbons (Fsp3) is 0.556. The molecule has 0 saturated carbocycles. The largest absolute Gasteiger partial charge is 0.330 e. The minimum Gasteiger partial charge on any atom is -0.302 e. The van der Waals surface area contributed by atoms with E-state index in [0.29, 0.717) is 18.6 Å². The van der Waals surface area contributed by atoms with Crippen LogP contribution >= 0.6 is 0 Å². The van der Waals surface area contributed by atoms with Crippen LogP contribution in [0, 0.1) is 5.92 Å². The number of nitrogens with one attached hydrogen (secondary N) is 1. The fourth-order valence-electron chi connectivity index (χ4n) is 3.45. The minimum absolute atomic E-state index is 0.0259. The van der Waals surface area contributed by atoms with Gasteiger partial charge in [0.15, 0.2) is 0 Å². The van der Waals surface area contributed by atoms with E-state index in [-0.39, 0.29) is 10.3 Å². The maximum absolute atomic E-state index is 12.6. The topological polar surface area (TPSA) is 93.4 Å². The molecule has 1 aromatic carbocycles. The first-order valence-electron chi connectivity index (χ1n) is 9.12. The molecule has 0 aliphatic carbocycles. The summed E-state index contributed by atoms with van der Waals surface area (Å²) in [5.41, 5.74) is -0.547. The lowest BCUT2D eigenvalue weighted by atomic mass is 9.99. The molecule has 0 atom stereocenters. The van der Waals surface area contributed by atoms with Gasteiger partial charge in [0.1, 0.15) is 0 Å². The number of rotatable bonds is 5. The van der Waals surface area contributed by atoms with Gasteiger partial charge in [0.05, 0.1) is 15.8 Å². The van der Waals surface area contributed by atoms with Gasteiger partial charge in [0, 0.05) is 27.2 Å². The Morgan fingerprint density at radius 3 is 2.44 bits per heavy atom. The molecule has 0 unspecified atom stereocenters. The number of aromatic nitrogens is 2. The van der Waals surface area contributed by atoms with Crippen LogP contribution in [0.3, 0.4) is 0 Å². The molecule has 1 fully saturated rings. The highest BCUT2D eigenvalue weighted by Crippen LogP contribution is 2.16. The molecule has 2 aromatic rings. The van der Waals surface area contributed by atoms with Crippen LogP contribution in [0.25, 0.3) is 10.9 Å². The molecule has 0 bridgehead atoms. The van der Waals surface area contributed by atoms with Crippen molar-refractivity contribution in [2.45, 2.75) is 24.7 Å². The normalized spacial score (nSPS) is 16.9. The van der Waals surface area contributed by atoms with Gasteiger partial charge in [-0.25, -0.2) is 17.9 Å². The van der Waals surface area contributed by atoms with E-state index < -0.39 is 21.3 Å². The molecule has 1 aliphatic heterocycles. The first-order chi connectivity index (χ1) is 12.7. The highest BCUT2D eigenvalue weighted by molar-refractivity contribution is 7.89. The van der Waals surface area contributed by atoms with Crippen molar-refractivity contribution in [1.82, 2.24) is 18.8 Å². The molecular weight excluding hydrogens is 368 g/mol. The first-order valence-corrected chi connectivity index (χ1v) is 10.6. The highest BCUT2D eigenvalue weighted by atomic mass is 32.2. The van der Waals surface area contributed by atoms with E-state index in [4.69, 9.17) is 0 Å². The third kappa shape index (κ3) is 3.99. The lowest BCUT2D eigenvalue weighted by Gasteiger charge is -2.30. The molecule has 9 heteroatoms. The summed E-state index contributed by atoms with van der Waals surface area (Å²) in [5.74, 6) is 0.731. The third-order valence-electron chi connectivity index (χ3n) is 5.34. The van der Waals surface area contributed by atoms with Crippen molar-refractivity contribution in [3.05, 3.63) is 39.0 Å². The summed E-state index contributed by atoms with van der Waals surface area (Å²) in [7, 11) is -0.799. The van der Waals surface area contributed by atoms with Gasteiger partial charge in [-0.15, -0.1) is 0 Å². The molecule has 0 amide bonds. The molecule has 1 saturated heterocycles. The van der Waals surface area contributed by atoms with Crippen LogP contribution in [-0.4, -0.2) is 48.6 Å². The number of piperidine rings is 1. The Morgan fingerprint density at radius 2 is 1.78 bits per heavy atom. The van der Waals surface area contributed by atoms with Crippen molar-refractivity contribution >= 4 is 20.9 Å². The number of hydrogen-bond donors (Lipinski definition) is 1. The van der Waals surface area contributed by atoms with Crippen LogP contribution in [0.1, 0.15) is 19.8 Å². The van der Waals surface area contributed by atoms with Crippen molar-refractivity contribution in [3.8, 4) is 0 Å². The molecule has 3 rings (SSSR count). The van der Waals surface area contributed by atoms with Crippen LogP contribution < -0.4 is 16.0 Å². The Morgan fingerprint density at radius 1 is 1.11 bits per heavy atom. The smallest absolute Gasteiger partial charge is 0.302 e. The standard InChI is InChI=1S/C18H26N4O4S/c1-13-6-9-22(10-7-13)11-8-19-27(25,26)14-4-5-16-15(12-14)17(23)21(3)18(24)20(16)2/h4-5,12-13,19H,6-11H2,1-3H3. The second kappa shape index (κ2) is 7.57. The minimum atomic E-state index is -3.73. The second-order valence-corrected chi connectivity index (χ2v) is 9.07. The number of sulfonamides is 1. The zero-order valence-electron chi connectivity index (χ0n) is 15.9. The zero-order valence-corrected chi connectivity index (χ0v) is 16.8. The molecule has 2 heterocycles. The molecular formula is C18H26N4O4S. The van der Waals surface area contributed by atoms with Crippen LogP contribution in [0.15, 0.2) is 32.7 Å². The summed E-state index contributed by atoms with van der Waals surface area (Å²) in [6.45, 7) is 5.20. The quantitative estimate of drug-likeness (QED) is 0.785. The predicted molar refractivity (Wildman–Crippen MR) is 104 cm³/mol. The highest BCUT2D eigenvalue weighted by Gasteiger charge is 2.19. The molecule has 1 aromatic heterocycles. The molecule has 148 valence electrons. The van der Waals surface area contributed by atoms with E-state index in [1.54, 1.807) is 7.05 Å². The molecule has 8 nitrogen and oxygen atoms in total. The molecule has 1 aliphatic rings. The van der Waals surface area contributed by atoms with Gasteiger partial charge in [-0.05, 0) is 50.0 Å². The van der Waals surface area contributed by atoms with Crippen LogP contribution in [-0.2, 0) is 24.1 Å². The third-order valence-corrected chi connectivity index (χ3v) is 6.80. The maximum atomic E-state index is 12.6. The van der Waals surface area contributed by atoms with Crippen molar-refractivity contribution in [2.24, 2.45) is 20.0 Å². The number of hydrogen-bond acceptors (Lipinski definition) is 5. The number of nitrogens with zero attached hydrogens (tertiary/aromatic N) is 3. The van der Waals surface area contributed by atoms with Crippen molar-refractivity contribution in [1.29, 1.82) is 0 Å². The number of likely N-dealkylation sites (tertiary alicyclic amines) is 1. The van der Waals surface area contributed by atoms with Crippen LogP contribution in [0.4, 0.5) is 0 Å². The van der Waals surface area contributed by atoms with Crippen LogP contribution in [0.2, 0.25) is 0 Å². The second-order valence-electron chi connectivity index (χ2n) is 7.31. The van der Waals surface area contributed by atoms with Gasteiger partial charge in [-0.1, -0.05) is 6.92 Å². The number of aryl methyl sites for hydroxylation is 1. The lowest BCUT2D eigenvalue weighted by molar-refractivity contribution is 0.195. The lowest BCUT2D eigenvalue weighted by Crippen LogP contribution is -2.39. The van der Waals surface area contributed by atoms with Crippen molar-refractivity contribution in [3.63, 3.8) is 0 Å². The Balaban J connectivity index is 1.79. The Hall–Kier alpha value is -1.97. The van der Waals surface area contributed by atoms with Crippen LogP contribution in [0.5, 0.6) is 0 Å². The fourth-order valence-corrected chi connectivity index (χ4v) is 4.50. The average Bonchev–Trinajstić information content (AvgIpc) is 2.65. The Labute approximate surface area is 158 Å². The van der Waals surface area contributed by atoms with Gasteiger partial charge >= 0.3 is 5.69 Å². The van der Waals surface area contributed by atoms with E-state index in [1.165, 1.54) is 29.8 Å². The predicted octanol–water partition coefficient (Wildman–Crippen LogP) is 0.247. The zero-order chi connectivity index (χ0) is 19.8. The summed E-state index contributed by atoms with van der Waals surface area (Å²) in [4.78, 5) is 26.6. The molecule has 0 radical (unpaired) electrons. The summed E-state index contributed by atoms with van der Waals surface area (Å²) < 4.78 is 30.1. The van der Waals surface area contributed by atoms with E-state index in [2.05, 4.69) is 16.5 Å². The van der Waals surface area contributed by atoms with Gasteiger partial charge in [-0.3, -0.25) is 13.9 Å². The molecule has 27 heavy (non-hydrogen) atoms. The van der Waals surface area contributed by atoms with Gasteiger partial charge in [0.2, 0.25) is 10.0 Å². The van der Waals surface area contributed by atoms with E-state index >= 15 is 0 Å². The summed E-state index contributed by atoms with van der Waals surface area (Å²) in [6, 6.07) is 4.26. The summed E-state index contributed by atoms with van der Waals surface area (Å²) in [5, 5.41) is 0.201. The first kappa shape index (κ1) is 19.8. The Kier molecular flexibility index (Phi) is 5.55. The summed E-state index contributed by atoms with van der Waals surface area (Å²) in [6.07, 6.45) is 2.28. The van der Waals surface area contributed by atoms with Gasteiger partial charge in [-0.2, -0.15) is 0 Å². The van der Waals surface area contributed by atoms with E-state index in [1.807, 2.05) is 0 Å². The van der Waals surface area contributed by atoms with Crippen molar-refractivity contribution < 1.29 is 8.42 Å². The SMILES string of the molecule is CC1CCN(CCNS(=O)(=O)c2ccc3c(c2)c(=O)n(C)c(=O)n3C)CC1. The van der Waals surface area contributed by atoms with E-state index in [9.17, 15) is 18.0 Å². The number of fused-ring (bicyclic) bond motifs is 1.